The molecular weight excluding hydrogens is 993 g/mol. The molecule has 11 unspecified atom stereocenters. The number of rotatable bonds is 10. The van der Waals surface area contributed by atoms with Gasteiger partial charge in [0.1, 0.15) is 11.3 Å². The molecule has 0 radical (unpaired) electrons. The molecule has 13 rings (SSSR count). The Hall–Kier alpha value is -6.89. The molecule has 2 saturated carbocycles. The van der Waals surface area contributed by atoms with E-state index < -0.39 is 47.9 Å². The Kier molecular flexibility index (Phi) is 14.9. The van der Waals surface area contributed by atoms with E-state index in [0.29, 0.717) is 47.1 Å². The number of carbonyl (C=O) groups is 2. The molecule has 2 fully saturated rings. The lowest BCUT2D eigenvalue weighted by molar-refractivity contribution is -0.205. The quantitative estimate of drug-likeness (QED) is 0.0518. The predicted molar refractivity (Wildman–Crippen MR) is 302 cm³/mol. The third-order valence-electron chi connectivity index (χ3n) is 18.8. The average Bonchev–Trinajstić information content (AvgIpc) is 4.15. The highest BCUT2D eigenvalue weighted by Gasteiger charge is 2.64. The maximum atomic E-state index is 15.7. The summed E-state index contributed by atoms with van der Waals surface area (Å²) in [6.45, 7) is 0.677. The van der Waals surface area contributed by atoms with Crippen molar-refractivity contribution in [3.63, 3.8) is 0 Å². The molecule has 1 spiro atoms. The molecule has 11 nitrogen and oxygen atoms in total. The number of allylic oxidation sites excluding steroid dienone is 2. The van der Waals surface area contributed by atoms with Crippen LogP contribution in [0.15, 0.2) is 154 Å². The molecule has 408 valence electrons. The lowest BCUT2D eigenvalue weighted by Gasteiger charge is -2.52. The number of hydrogen-bond acceptors (Lipinski definition) is 11. The summed E-state index contributed by atoms with van der Waals surface area (Å²) in [7, 11) is 1.51. The number of benzene rings is 5. The van der Waals surface area contributed by atoms with E-state index in [1.165, 1.54) is 29.4 Å². The van der Waals surface area contributed by atoms with Crippen LogP contribution >= 0.6 is 0 Å². The lowest BCUT2D eigenvalue weighted by atomic mass is 9.66. The molecule has 4 heterocycles. The number of esters is 2. The molecule has 7 aliphatic rings. The second-order valence-corrected chi connectivity index (χ2v) is 23.1. The zero-order valence-electron chi connectivity index (χ0n) is 45.1. The number of hydrogen-bond donors (Lipinski definition) is 3. The maximum Gasteiger partial charge on any atom is 0.340 e. The smallest absolute Gasteiger partial charge is 0.340 e. The third-order valence-corrected chi connectivity index (χ3v) is 18.8. The van der Waals surface area contributed by atoms with E-state index in [9.17, 15) is 20.1 Å². The molecule has 0 amide bonds. The highest BCUT2D eigenvalue weighted by molar-refractivity contribution is 5.90. The van der Waals surface area contributed by atoms with Gasteiger partial charge in [-0.2, -0.15) is 0 Å². The molecule has 79 heavy (non-hydrogen) atoms. The van der Waals surface area contributed by atoms with Gasteiger partial charge < -0.3 is 38.7 Å². The van der Waals surface area contributed by atoms with Crippen LogP contribution in [0, 0.1) is 23.7 Å². The Bertz CT molecular complexity index is 3400. The number of aliphatic hydroxyl groups is 3. The van der Waals surface area contributed by atoms with Gasteiger partial charge in [-0.25, -0.2) is 9.59 Å². The molecule has 3 N–H and O–H groups in total. The molecule has 11 heteroatoms. The normalized spacial score (nSPS) is 28.1. The van der Waals surface area contributed by atoms with Crippen molar-refractivity contribution in [2.75, 3.05) is 26.9 Å². The van der Waals surface area contributed by atoms with Crippen LogP contribution in [-0.4, -0.2) is 65.9 Å². The first-order valence-electron chi connectivity index (χ1n) is 28.5. The summed E-state index contributed by atoms with van der Waals surface area (Å²) in [5.74, 6) is -1.41. The highest BCUT2D eigenvalue weighted by Crippen LogP contribution is 2.62. The summed E-state index contributed by atoms with van der Waals surface area (Å²) in [5.41, 5.74) is 7.83. The minimum absolute atomic E-state index is 0.0395. The van der Waals surface area contributed by atoms with Crippen LogP contribution in [0.3, 0.4) is 0 Å². The van der Waals surface area contributed by atoms with Crippen LogP contribution in [0.1, 0.15) is 144 Å². The molecule has 1 aromatic heterocycles. The average molecular weight is 1060 g/mol. The highest BCUT2D eigenvalue weighted by atomic mass is 16.6. The Balaban J connectivity index is 1.02. The molecule has 2 bridgehead atoms. The van der Waals surface area contributed by atoms with E-state index in [2.05, 4.69) is 121 Å². The standard InChI is InChI=1S/C68H70O11/c1-40(37-70)50-24-19-41-17-20-45(21-18-41)51-25-23-47(46-14-8-12-43(33-46)32-42-10-4-3-5-11-42)34-49(51)35-60(72)76-64-62-59(28-27-55-57(38-71)61(67(74)77-63(55)62)48(29-31-69)39-75-2)79-68(65(64)78-66(50)73)30-9-16-54-53-26-22-44-13-6-7-15-52(44)56(53)36-58(54)68/h3-18,20-22,26-28,33,47-49,51,53-54,56,58,64-65,69-71H,19,23-25,29-32,34-39H2,1-2H3. The van der Waals surface area contributed by atoms with E-state index >= 15 is 9.59 Å². The van der Waals surface area contributed by atoms with E-state index in [-0.39, 0.29) is 97.2 Å². The van der Waals surface area contributed by atoms with Crippen LogP contribution in [0.5, 0.6) is 5.75 Å². The van der Waals surface area contributed by atoms with Crippen molar-refractivity contribution in [1.82, 2.24) is 0 Å². The summed E-state index contributed by atoms with van der Waals surface area (Å²) < 4.78 is 33.7. The van der Waals surface area contributed by atoms with Crippen molar-refractivity contribution in [3.05, 3.63) is 211 Å². The van der Waals surface area contributed by atoms with Crippen molar-refractivity contribution in [2.45, 2.75) is 119 Å². The van der Waals surface area contributed by atoms with E-state index in [1.54, 1.807) is 19.1 Å². The summed E-state index contributed by atoms with van der Waals surface area (Å²) in [6, 6.07) is 40.0. The van der Waals surface area contributed by atoms with E-state index in [4.69, 9.17) is 23.4 Å². The van der Waals surface area contributed by atoms with Crippen LogP contribution in [0.2, 0.25) is 0 Å². The molecule has 6 aromatic rings. The fourth-order valence-corrected chi connectivity index (χ4v) is 15.0. The predicted octanol–water partition coefficient (Wildman–Crippen LogP) is 11.7. The van der Waals surface area contributed by atoms with Gasteiger partial charge in [-0.1, -0.05) is 127 Å². The van der Waals surface area contributed by atoms with Crippen molar-refractivity contribution in [2.24, 2.45) is 23.7 Å². The zero-order chi connectivity index (χ0) is 54.4. The molecule has 3 aliphatic heterocycles. The first kappa shape index (κ1) is 52.8. The minimum Gasteiger partial charge on any atom is -0.482 e. The van der Waals surface area contributed by atoms with Gasteiger partial charge in [-0.3, -0.25) is 4.79 Å². The second kappa shape index (κ2) is 22.3. The molecule has 0 saturated heterocycles. The van der Waals surface area contributed by atoms with Crippen LogP contribution in [0.25, 0.3) is 17.0 Å². The first-order chi connectivity index (χ1) is 38.6. The summed E-state index contributed by atoms with van der Waals surface area (Å²) in [4.78, 5) is 45.7. The molecule has 11 atom stereocenters. The summed E-state index contributed by atoms with van der Waals surface area (Å²) in [5, 5.41) is 32.5. The van der Waals surface area contributed by atoms with Gasteiger partial charge in [-0.05, 0) is 156 Å². The van der Waals surface area contributed by atoms with Crippen molar-refractivity contribution in [3.8, 4) is 5.75 Å². The lowest BCUT2D eigenvalue weighted by Crippen LogP contribution is -2.61. The van der Waals surface area contributed by atoms with Crippen molar-refractivity contribution < 1.29 is 48.3 Å². The Labute approximate surface area is 461 Å². The van der Waals surface area contributed by atoms with Gasteiger partial charge >= 0.3 is 17.6 Å². The zero-order valence-corrected chi connectivity index (χ0v) is 45.1. The van der Waals surface area contributed by atoms with E-state index in [1.807, 2.05) is 6.07 Å². The van der Waals surface area contributed by atoms with Crippen molar-refractivity contribution >= 4 is 29.0 Å². The van der Waals surface area contributed by atoms with Gasteiger partial charge in [0.05, 0.1) is 25.4 Å². The molecule has 5 aromatic carbocycles. The number of aliphatic hydroxyl groups excluding tert-OH is 3. The Morgan fingerprint density at radius 2 is 1.61 bits per heavy atom. The number of aryl methyl sites for hydroxylation is 1. The molecular formula is C68H70O11. The Morgan fingerprint density at radius 3 is 2.41 bits per heavy atom. The van der Waals surface area contributed by atoms with Gasteiger partial charge in [0, 0.05) is 54.9 Å². The van der Waals surface area contributed by atoms with Gasteiger partial charge in [0.2, 0.25) is 0 Å². The van der Waals surface area contributed by atoms with Crippen molar-refractivity contribution in [1.29, 1.82) is 0 Å². The minimum atomic E-state index is -1.36. The number of ether oxygens (including phenoxy) is 4. The van der Waals surface area contributed by atoms with E-state index in [0.717, 1.165) is 42.4 Å². The van der Waals surface area contributed by atoms with Gasteiger partial charge in [0.15, 0.2) is 17.8 Å². The topological polar surface area (TPSA) is 162 Å². The second-order valence-electron chi connectivity index (χ2n) is 23.1. The monoisotopic (exact) mass is 1060 g/mol. The first-order valence-corrected chi connectivity index (χ1v) is 28.5. The van der Waals surface area contributed by atoms with Crippen LogP contribution in [0.4, 0.5) is 0 Å². The SMILES string of the molecule is COCC(CCO)c1c(CO)c2ccc3c(c2oc1=O)C1OC(=O)CC2CC(c4cccc(Cc5ccccc5)c4)CCC2c2ccc(cc2)CCC(=C(C)CO)C(=O)OC1C1(CC=CC2C4C=Cc5ccccc5C4CC21)O3. The van der Waals surface area contributed by atoms with Crippen LogP contribution in [-0.2, 0) is 43.2 Å². The summed E-state index contributed by atoms with van der Waals surface area (Å²) in [6.07, 6.45) is 11.6. The van der Waals surface area contributed by atoms with Crippen LogP contribution < -0.4 is 10.4 Å². The Morgan fingerprint density at radius 1 is 0.797 bits per heavy atom. The number of fused-ring (bicyclic) bond motifs is 17. The fourth-order valence-electron chi connectivity index (χ4n) is 15.0. The fraction of sp³-hybridized carbons (Fsp3) is 0.397. The summed E-state index contributed by atoms with van der Waals surface area (Å²) >= 11 is 0. The third kappa shape index (κ3) is 9.81. The molecule has 4 aliphatic carbocycles. The van der Waals surface area contributed by atoms with Gasteiger partial charge in [0.25, 0.3) is 0 Å². The number of carbonyl (C=O) groups excluding carboxylic acids is 2. The maximum absolute atomic E-state index is 15.7. The number of methoxy groups -OCH3 is 1. The van der Waals surface area contributed by atoms with Gasteiger partial charge in [-0.15, -0.1) is 0 Å². The largest absolute Gasteiger partial charge is 0.482 e.